The molecule has 1 aromatic rings. The van der Waals surface area contributed by atoms with Crippen LogP contribution in [0.15, 0.2) is 17.9 Å². The zero-order valence-electron chi connectivity index (χ0n) is 18.0. The van der Waals surface area contributed by atoms with Gasteiger partial charge in [-0.25, -0.2) is 0 Å². The fourth-order valence-electron chi connectivity index (χ4n) is 4.93. The second-order valence-electron chi connectivity index (χ2n) is 8.85. The first-order chi connectivity index (χ1) is 14.0. The van der Waals surface area contributed by atoms with Crippen LogP contribution >= 0.6 is 0 Å². The lowest BCUT2D eigenvalue weighted by Gasteiger charge is -2.46. The van der Waals surface area contributed by atoms with Crippen LogP contribution in [0.2, 0.25) is 0 Å². The number of nitrogens with one attached hydrogen (secondary N) is 1. The van der Waals surface area contributed by atoms with Crippen molar-refractivity contribution >= 4 is 21.6 Å². The van der Waals surface area contributed by atoms with E-state index in [2.05, 4.69) is 5.32 Å². The Labute approximate surface area is 177 Å². The highest BCUT2D eigenvalue weighted by molar-refractivity contribution is 7.86. The fourth-order valence-corrected chi connectivity index (χ4v) is 5.47. The third-order valence-corrected chi connectivity index (χ3v) is 6.65. The van der Waals surface area contributed by atoms with Crippen LogP contribution in [0.25, 0.3) is 5.57 Å². The van der Waals surface area contributed by atoms with Crippen LogP contribution in [0.5, 0.6) is 0 Å². The largest absolute Gasteiger partial charge is 0.384 e. The van der Waals surface area contributed by atoms with Gasteiger partial charge in [-0.2, -0.15) is 8.42 Å². The quantitative estimate of drug-likeness (QED) is 0.734. The summed E-state index contributed by atoms with van der Waals surface area (Å²) in [4.78, 5) is 13.1. The molecule has 1 saturated carbocycles. The van der Waals surface area contributed by atoms with E-state index in [-0.39, 0.29) is 30.5 Å². The first kappa shape index (κ1) is 21.3. The van der Waals surface area contributed by atoms with E-state index >= 15 is 0 Å². The van der Waals surface area contributed by atoms with Gasteiger partial charge in [0.2, 0.25) is 0 Å². The number of carbonyl (C=O) groups is 1. The molecule has 0 atom stereocenters. The Morgan fingerprint density at radius 3 is 2.10 bits per heavy atom. The number of hydrogen-bond donors (Lipinski definition) is 1. The van der Waals surface area contributed by atoms with Crippen LogP contribution in [-0.2, 0) is 28.6 Å². The van der Waals surface area contributed by atoms with Gasteiger partial charge in [-0.05, 0) is 50.3 Å². The van der Waals surface area contributed by atoms with Gasteiger partial charge in [-0.15, -0.1) is 0 Å². The third-order valence-electron chi connectivity index (χ3n) is 6.18. The second kappa shape index (κ2) is 7.35. The molecule has 0 aromatic heterocycles. The molecule has 8 heteroatoms. The third kappa shape index (κ3) is 3.76. The molecular weight excluding hydrogens is 406 g/mol. The van der Waals surface area contributed by atoms with Crippen molar-refractivity contribution in [3.8, 4) is 0 Å². The smallest absolute Gasteiger partial charge is 0.306 e. The number of ether oxygens (including phenoxy) is 2. The van der Waals surface area contributed by atoms with Gasteiger partial charge >= 0.3 is 10.1 Å². The van der Waals surface area contributed by atoms with Crippen LogP contribution < -0.4 is 5.32 Å². The van der Waals surface area contributed by atoms with E-state index in [0.29, 0.717) is 5.56 Å². The average molecular weight is 436 g/mol. The zero-order valence-corrected chi connectivity index (χ0v) is 18.8. The van der Waals surface area contributed by atoms with Gasteiger partial charge in [-0.3, -0.25) is 4.79 Å². The van der Waals surface area contributed by atoms with Crippen LogP contribution in [0.4, 0.5) is 0 Å². The standard InChI is InChI=1S/C22H29NO6S/c1-14-10-15(2)17(16(3)11-14)18-19(29-30(4,25)26)21(23-20(18)24)12-27-22(28-13-21)8-6-5-7-9-22/h10-11H,5-9,12-13H2,1-4H3,(H,23,24). The zero-order chi connectivity index (χ0) is 21.7. The van der Waals surface area contributed by atoms with Gasteiger partial charge in [0.1, 0.15) is 5.54 Å². The molecular formula is C22H29NO6S. The van der Waals surface area contributed by atoms with E-state index < -0.39 is 21.4 Å². The summed E-state index contributed by atoms with van der Waals surface area (Å²) in [5.41, 5.74) is 2.59. The lowest BCUT2D eigenvalue weighted by molar-refractivity contribution is -0.298. The maximum atomic E-state index is 13.1. The summed E-state index contributed by atoms with van der Waals surface area (Å²) >= 11 is 0. The summed E-state index contributed by atoms with van der Waals surface area (Å²) in [7, 11) is -3.88. The van der Waals surface area contributed by atoms with Crippen molar-refractivity contribution in [1.29, 1.82) is 0 Å². The van der Waals surface area contributed by atoms with E-state index in [0.717, 1.165) is 55.1 Å². The highest BCUT2D eigenvalue weighted by atomic mass is 32.2. The highest BCUT2D eigenvalue weighted by Gasteiger charge is 2.55. The van der Waals surface area contributed by atoms with Crippen molar-refractivity contribution in [3.05, 3.63) is 40.1 Å². The van der Waals surface area contributed by atoms with Gasteiger partial charge in [0, 0.05) is 12.8 Å². The molecule has 0 bridgehead atoms. The molecule has 1 aliphatic carbocycles. The number of carbonyl (C=O) groups excluding carboxylic acids is 1. The molecule has 3 aliphatic rings. The van der Waals surface area contributed by atoms with Crippen molar-refractivity contribution in [2.75, 3.05) is 19.5 Å². The maximum absolute atomic E-state index is 13.1. The normalized spacial score (nSPS) is 23.1. The summed E-state index contributed by atoms with van der Waals surface area (Å²) in [5, 5.41) is 2.93. The van der Waals surface area contributed by atoms with Crippen molar-refractivity contribution in [1.82, 2.24) is 5.32 Å². The van der Waals surface area contributed by atoms with Crippen LogP contribution in [0, 0.1) is 20.8 Å². The van der Waals surface area contributed by atoms with E-state index in [1.165, 1.54) is 0 Å². The Kier molecular flexibility index (Phi) is 5.23. The Balaban J connectivity index is 1.80. The maximum Gasteiger partial charge on any atom is 0.306 e. The van der Waals surface area contributed by atoms with Crippen LogP contribution in [0.3, 0.4) is 0 Å². The molecule has 164 valence electrons. The Bertz CT molecular complexity index is 987. The molecule has 0 unspecified atom stereocenters. The predicted octanol–water partition coefficient (Wildman–Crippen LogP) is 2.87. The Morgan fingerprint density at radius 1 is 1.00 bits per heavy atom. The molecule has 1 saturated heterocycles. The average Bonchev–Trinajstić information content (AvgIpc) is 2.89. The molecule has 0 radical (unpaired) electrons. The Hall–Kier alpha value is -1.90. The fraction of sp³-hybridized carbons (Fsp3) is 0.591. The van der Waals surface area contributed by atoms with Gasteiger partial charge in [0.25, 0.3) is 5.91 Å². The first-order valence-corrected chi connectivity index (χ1v) is 12.2. The number of hydrogen-bond acceptors (Lipinski definition) is 6. The lowest BCUT2D eigenvalue weighted by Crippen LogP contribution is -2.61. The van der Waals surface area contributed by atoms with Gasteiger partial charge in [-0.1, -0.05) is 24.1 Å². The van der Waals surface area contributed by atoms with E-state index in [4.69, 9.17) is 13.7 Å². The van der Waals surface area contributed by atoms with Gasteiger partial charge in [0.15, 0.2) is 11.5 Å². The summed E-state index contributed by atoms with van der Waals surface area (Å²) < 4.78 is 42.0. The monoisotopic (exact) mass is 435 g/mol. The summed E-state index contributed by atoms with van der Waals surface area (Å²) in [6.07, 6.45) is 5.77. The SMILES string of the molecule is Cc1cc(C)c(C2=C(OS(C)(=O)=O)C3(COC4(CCCCC4)OC3)NC2=O)c(C)c1. The minimum atomic E-state index is -3.88. The molecule has 1 aromatic carbocycles. The molecule has 1 amide bonds. The van der Waals surface area contributed by atoms with Crippen molar-refractivity contribution in [3.63, 3.8) is 0 Å². The van der Waals surface area contributed by atoms with Crippen molar-refractivity contribution in [2.45, 2.75) is 64.2 Å². The van der Waals surface area contributed by atoms with Crippen molar-refractivity contribution < 1.29 is 26.9 Å². The highest BCUT2D eigenvalue weighted by Crippen LogP contribution is 2.44. The summed E-state index contributed by atoms with van der Waals surface area (Å²) in [6, 6.07) is 3.94. The minimum Gasteiger partial charge on any atom is -0.384 e. The number of benzene rings is 1. The second-order valence-corrected chi connectivity index (χ2v) is 10.4. The molecule has 30 heavy (non-hydrogen) atoms. The molecule has 1 N–H and O–H groups in total. The lowest BCUT2D eigenvalue weighted by atomic mass is 9.89. The topological polar surface area (TPSA) is 90.9 Å². The predicted molar refractivity (Wildman–Crippen MR) is 112 cm³/mol. The summed E-state index contributed by atoms with van der Waals surface area (Å²) in [6.45, 7) is 6.01. The van der Waals surface area contributed by atoms with Gasteiger partial charge in [0.05, 0.1) is 25.0 Å². The minimum absolute atomic E-state index is 0.0655. The molecule has 7 nitrogen and oxygen atoms in total. The van der Waals surface area contributed by atoms with Crippen LogP contribution in [0.1, 0.15) is 54.4 Å². The first-order valence-electron chi connectivity index (χ1n) is 10.4. The van der Waals surface area contributed by atoms with Crippen molar-refractivity contribution in [2.24, 2.45) is 0 Å². The van der Waals surface area contributed by atoms with Crippen LogP contribution in [-0.4, -0.2) is 45.1 Å². The number of aryl methyl sites for hydroxylation is 3. The molecule has 2 aliphatic heterocycles. The van der Waals surface area contributed by atoms with E-state index in [1.807, 2.05) is 32.9 Å². The van der Waals surface area contributed by atoms with Gasteiger partial charge < -0.3 is 19.0 Å². The molecule has 2 fully saturated rings. The summed E-state index contributed by atoms with van der Waals surface area (Å²) in [5.74, 6) is -0.964. The Morgan fingerprint density at radius 2 is 1.57 bits per heavy atom. The molecule has 2 spiro atoms. The molecule has 4 rings (SSSR count). The number of amides is 1. The number of rotatable bonds is 3. The van der Waals surface area contributed by atoms with E-state index in [9.17, 15) is 13.2 Å². The van der Waals surface area contributed by atoms with E-state index in [1.54, 1.807) is 0 Å². The molecule has 2 heterocycles.